The zero-order valence-corrected chi connectivity index (χ0v) is 11.3. The molecule has 0 aromatic carbocycles. The Morgan fingerprint density at radius 2 is 2.20 bits per heavy atom. The number of amidine groups is 1. The Morgan fingerprint density at radius 3 is 2.67 bits per heavy atom. The molecule has 0 aliphatic carbocycles. The molecule has 1 heterocycles. The molecule has 0 bridgehead atoms. The third-order valence-corrected chi connectivity index (χ3v) is 4.15. The predicted molar refractivity (Wildman–Crippen MR) is 69.7 cm³/mol. The van der Waals surface area contributed by atoms with Crippen molar-refractivity contribution >= 4 is 16.9 Å². The summed E-state index contributed by atoms with van der Waals surface area (Å²) in [5.41, 5.74) is 0.364. The second-order valence-corrected chi connectivity index (χ2v) is 6.23. The molecule has 1 aliphatic rings. The first-order valence-corrected chi connectivity index (χ1v) is 6.47. The maximum absolute atomic E-state index is 4.56. The molecule has 1 rings (SSSR count). The van der Waals surface area contributed by atoms with Gasteiger partial charge in [-0.3, -0.25) is 4.99 Å². The number of nitrogens with zero attached hydrogens (tertiary/aromatic N) is 2. The zero-order valence-electron chi connectivity index (χ0n) is 10.5. The minimum atomic E-state index is 0.364. The van der Waals surface area contributed by atoms with E-state index in [-0.39, 0.29) is 0 Å². The Morgan fingerprint density at radius 1 is 1.53 bits per heavy atom. The van der Waals surface area contributed by atoms with Crippen LogP contribution in [-0.4, -0.2) is 49.0 Å². The molecular weight excluding hydrogens is 206 g/mol. The molecule has 0 saturated heterocycles. The average molecular weight is 229 g/mol. The lowest BCUT2D eigenvalue weighted by molar-refractivity contribution is 0.313. The molecule has 4 heteroatoms. The van der Waals surface area contributed by atoms with Crippen LogP contribution in [0.25, 0.3) is 0 Å². The highest BCUT2D eigenvalue weighted by Crippen LogP contribution is 2.26. The maximum Gasteiger partial charge on any atom is 0.156 e. The van der Waals surface area contributed by atoms with E-state index in [0.29, 0.717) is 11.5 Å². The first-order valence-electron chi connectivity index (χ1n) is 5.48. The Labute approximate surface area is 97.7 Å². The van der Waals surface area contributed by atoms with Crippen LogP contribution in [0.2, 0.25) is 0 Å². The quantitative estimate of drug-likeness (QED) is 0.797. The molecular formula is C11H23N3S. The van der Waals surface area contributed by atoms with Crippen molar-refractivity contribution in [3.63, 3.8) is 0 Å². The van der Waals surface area contributed by atoms with E-state index in [2.05, 4.69) is 50.1 Å². The van der Waals surface area contributed by atoms with E-state index < -0.39 is 0 Å². The number of rotatable bonds is 3. The minimum Gasteiger partial charge on any atom is -0.363 e. The average Bonchev–Trinajstić information content (AvgIpc) is 2.15. The summed E-state index contributed by atoms with van der Waals surface area (Å²) >= 11 is 1.84. The van der Waals surface area contributed by atoms with Gasteiger partial charge in [0.2, 0.25) is 0 Å². The third-order valence-electron chi connectivity index (χ3n) is 2.68. The normalized spacial score (nSPS) is 22.4. The summed E-state index contributed by atoms with van der Waals surface area (Å²) < 4.78 is 0. The van der Waals surface area contributed by atoms with Crippen LogP contribution in [0, 0.1) is 5.41 Å². The van der Waals surface area contributed by atoms with Crippen LogP contribution in [0.15, 0.2) is 4.99 Å². The van der Waals surface area contributed by atoms with E-state index >= 15 is 0 Å². The Hall–Kier alpha value is -0.220. The molecule has 0 spiro atoms. The second-order valence-electron chi connectivity index (χ2n) is 5.27. The van der Waals surface area contributed by atoms with Gasteiger partial charge in [-0.25, -0.2) is 0 Å². The van der Waals surface area contributed by atoms with Crippen LogP contribution < -0.4 is 5.32 Å². The topological polar surface area (TPSA) is 27.6 Å². The molecule has 1 aliphatic heterocycles. The molecule has 0 fully saturated rings. The zero-order chi connectivity index (χ0) is 11.5. The van der Waals surface area contributed by atoms with Crippen LogP contribution >= 0.6 is 11.8 Å². The van der Waals surface area contributed by atoms with E-state index in [1.807, 2.05) is 11.8 Å². The van der Waals surface area contributed by atoms with Gasteiger partial charge in [-0.15, -0.1) is 0 Å². The fraction of sp³-hybridized carbons (Fsp3) is 0.909. The third kappa shape index (κ3) is 4.43. The van der Waals surface area contributed by atoms with Crippen LogP contribution in [0.3, 0.4) is 0 Å². The predicted octanol–water partition coefficient (Wildman–Crippen LogP) is 1.66. The minimum absolute atomic E-state index is 0.364. The largest absolute Gasteiger partial charge is 0.363 e. The number of hydrogen-bond donors (Lipinski definition) is 1. The Kier molecular flexibility index (Phi) is 4.46. The highest BCUT2D eigenvalue weighted by atomic mass is 32.2. The van der Waals surface area contributed by atoms with Crippen molar-refractivity contribution in [2.24, 2.45) is 10.4 Å². The van der Waals surface area contributed by atoms with Crippen molar-refractivity contribution in [3.05, 3.63) is 0 Å². The standard InChI is InChI=1S/C11H23N3S/c1-9(14(4)5)6-12-10-13-7-11(2,3)8-15-10/h9H,6-8H2,1-5H3,(H,12,13). The molecule has 0 radical (unpaired) electrons. The van der Waals surface area contributed by atoms with Crippen molar-refractivity contribution in [3.8, 4) is 0 Å². The SMILES string of the molecule is CC(CNC1=NCC(C)(C)CS1)N(C)C. The van der Waals surface area contributed by atoms with Crippen LogP contribution in [-0.2, 0) is 0 Å². The molecule has 1 unspecified atom stereocenters. The van der Waals surface area contributed by atoms with E-state index in [0.717, 1.165) is 24.0 Å². The lowest BCUT2D eigenvalue weighted by atomic mass is 9.97. The molecule has 0 saturated carbocycles. The van der Waals surface area contributed by atoms with Crippen molar-refractivity contribution in [2.75, 3.05) is 32.9 Å². The summed E-state index contributed by atoms with van der Waals surface area (Å²) in [4.78, 5) is 6.78. The fourth-order valence-electron chi connectivity index (χ4n) is 1.17. The van der Waals surface area contributed by atoms with Crippen LogP contribution in [0.1, 0.15) is 20.8 Å². The van der Waals surface area contributed by atoms with Crippen LogP contribution in [0.5, 0.6) is 0 Å². The number of likely N-dealkylation sites (N-methyl/N-ethyl adjacent to an activating group) is 1. The van der Waals surface area contributed by atoms with Gasteiger partial charge in [-0.05, 0) is 26.4 Å². The van der Waals surface area contributed by atoms with Crippen molar-refractivity contribution < 1.29 is 0 Å². The van der Waals surface area contributed by atoms with Gasteiger partial charge in [0.1, 0.15) is 0 Å². The van der Waals surface area contributed by atoms with Gasteiger partial charge in [0.25, 0.3) is 0 Å². The van der Waals surface area contributed by atoms with Gasteiger partial charge in [-0.2, -0.15) is 0 Å². The molecule has 1 atom stereocenters. The van der Waals surface area contributed by atoms with E-state index in [9.17, 15) is 0 Å². The summed E-state index contributed by atoms with van der Waals surface area (Å²) in [6, 6.07) is 0.545. The number of nitrogens with one attached hydrogen (secondary N) is 1. The summed E-state index contributed by atoms with van der Waals surface area (Å²) in [6.45, 7) is 8.66. The van der Waals surface area contributed by atoms with Crippen LogP contribution in [0.4, 0.5) is 0 Å². The lowest BCUT2D eigenvalue weighted by Crippen LogP contribution is -2.39. The number of aliphatic imine (C=N–C) groups is 1. The summed E-state index contributed by atoms with van der Waals surface area (Å²) in [5, 5.41) is 4.53. The van der Waals surface area contributed by atoms with Gasteiger partial charge in [0, 0.05) is 24.9 Å². The Bertz CT molecular complexity index is 236. The molecule has 15 heavy (non-hydrogen) atoms. The molecule has 0 aromatic heterocycles. The smallest absolute Gasteiger partial charge is 0.156 e. The molecule has 1 N–H and O–H groups in total. The monoisotopic (exact) mass is 229 g/mol. The van der Waals surface area contributed by atoms with Crippen molar-refractivity contribution in [1.82, 2.24) is 10.2 Å². The Balaban J connectivity index is 2.32. The second kappa shape index (κ2) is 5.21. The molecule has 3 nitrogen and oxygen atoms in total. The first kappa shape index (κ1) is 12.8. The molecule has 88 valence electrons. The highest BCUT2D eigenvalue weighted by Gasteiger charge is 2.23. The van der Waals surface area contributed by atoms with Crippen molar-refractivity contribution in [1.29, 1.82) is 0 Å². The highest BCUT2D eigenvalue weighted by molar-refractivity contribution is 8.13. The molecule has 0 aromatic rings. The fourth-order valence-corrected chi connectivity index (χ4v) is 2.13. The van der Waals surface area contributed by atoms with Crippen molar-refractivity contribution in [2.45, 2.75) is 26.8 Å². The summed E-state index contributed by atoms with van der Waals surface area (Å²) in [5.74, 6) is 1.16. The van der Waals surface area contributed by atoms with E-state index in [4.69, 9.17) is 0 Å². The first-order chi connectivity index (χ1) is 6.91. The van der Waals surface area contributed by atoms with Gasteiger partial charge in [0.05, 0.1) is 0 Å². The van der Waals surface area contributed by atoms with E-state index in [1.54, 1.807) is 0 Å². The number of thioether (sulfide) groups is 1. The van der Waals surface area contributed by atoms with Gasteiger partial charge >= 0.3 is 0 Å². The maximum atomic E-state index is 4.56. The van der Waals surface area contributed by atoms with E-state index in [1.165, 1.54) is 0 Å². The summed E-state index contributed by atoms with van der Waals surface area (Å²) in [6.07, 6.45) is 0. The number of hydrogen-bond acceptors (Lipinski definition) is 4. The summed E-state index contributed by atoms with van der Waals surface area (Å²) in [7, 11) is 4.20. The lowest BCUT2D eigenvalue weighted by Gasteiger charge is -2.28. The van der Waals surface area contributed by atoms with Gasteiger partial charge in [-0.1, -0.05) is 25.6 Å². The van der Waals surface area contributed by atoms with Gasteiger partial charge in [0.15, 0.2) is 5.17 Å². The molecule has 0 amide bonds. The van der Waals surface area contributed by atoms with Gasteiger partial charge < -0.3 is 10.2 Å².